The van der Waals surface area contributed by atoms with E-state index >= 15 is 0 Å². The van der Waals surface area contributed by atoms with Crippen LogP contribution in [0.5, 0.6) is 17.2 Å². The summed E-state index contributed by atoms with van der Waals surface area (Å²) in [6.45, 7) is 9.26. The maximum Gasteiger partial charge on any atom is 0.228 e. The van der Waals surface area contributed by atoms with Crippen molar-refractivity contribution >= 4 is 28.8 Å². The van der Waals surface area contributed by atoms with Gasteiger partial charge in [-0.2, -0.15) is 0 Å². The topological polar surface area (TPSA) is 102 Å². The number of benzene rings is 2. The van der Waals surface area contributed by atoms with Gasteiger partial charge in [0.25, 0.3) is 0 Å². The van der Waals surface area contributed by atoms with Gasteiger partial charge in [-0.25, -0.2) is 20.0 Å². The zero-order chi connectivity index (χ0) is 30.0. The molecular weight excluding hydrogens is 548 g/mol. The lowest BCUT2D eigenvalue weighted by atomic mass is 10.0. The predicted octanol–water partition coefficient (Wildman–Crippen LogP) is 4.05. The van der Waals surface area contributed by atoms with Crippen molar-refractivity contribution in [3.63, 3.8) is 0 Å². The van der Waals surface area contributed by atoms with Crippen molar-refractivity contribution in [1.82, 2.24) is 20.3 Å². The first-order chi connectivity index (χ1) is 21.1. The maximum absolute atomic E-state index is 12.1. The molecule has 2 aliphatic rings. The van der Waals surface area contributed by atoms with E-state index in [9.17, 15) is 4.79 Å². The number of fused-ring (bicyclic) bond motifs is 1. The van der Waals surface area contributed by atoms with Gasteiger partial charge >= 0.3 is 0 Å². The Hall–Kier alpha value is -3.67. The summed E-state index contributed by atoms with van der Waals surface area (Å²) in [6, 6.07) is 12.0. The lowest BCUT2D eigenvalue weighted by molar-refractivity contribution is -0.110. The van der Waals surface area contributed by atoms with E-state index in [-0.39, 0.29) is 6.10 Å². The largest absolute Gasteiger partial charge is 0.491 e. The number of nitrogens with one attached hydrogen (secondary N) is 1. The Bertz CT molecular complexity index is 1310. The molecule has 0 radical (unpaired) electrons. The molecule has 2 saturated heterocycles. The minimum atomic E-state index is 0.0928. The molecule has 2 fully saturated rings. The van der Waals surface area contributed by atoms with Crippen LogP contribution in [-0.4, -0.2) is 93.2 Å². The maximum atomic E-state index is 12.1. The van der Waals surface area contributed by atoms with E-state index in [4.69, 9.17) is 18.9 Å². The minimum absolute atomic E-state index is 0.0928. The Morgan fingerprint density at radius 3 is 2.47 bits per heavy atom. The van der Waals surface area contributed by atoms with E-state index in [1.54, 1.807) is 18.4 Å². The lowest BCUT2D eigenvalue weighted by Gasteiger charge is -2.40. The standard InChI is InChI=1S/C32H44N6O5/c1-24(2)43-27-9-7-26(8-10-27)38(23-39)37-15-13-36(14-16-37)32-28-20-30(41-17-11-25-6-4-5-12-33-25)31(42-19-18-40-3)21-29(28)34-22-35-32/h7-10,20-25,33H,4-6,11-19H2,1-3H3. The van der Waals surface area contributed by atoms with Gasteiger partial charge in [0.05, 0.1) is 30.5 Å². The Labute approximate surface area is 254 Å². The summed E-state index contributed by atoms with van der Waals surface area (Å²) in [5.41, 5.74) is 1.60. The molecule has 2 aliphatic heterocycles. The lowest BCUT2D eigenvalue weighted by Crippen LogP contribution is -2.54. The number of piperazine rings is 1. The Morgan fingerprint density at radius 2 is 1.77 bits per heavy atom. The van der Waals surface area contributed by atoms with Gasteiger partial charge in [0.15, 0.2) is 11.5 Å². The van der Waals surface area contributed by atoms with Crippen molar-refractivity contribution in [2.24, 2.45) is 0 Å². The van der Waals surface area contributed by atoms with E-state index in [2.05, 4.69) is 25.2 Å². The third kappa shape index (κ3) is 8.04. The van der Waals surface area contributed by atoms with Gasteiger partial charge in [-0.15, -0.1) is 0 Å². The van der Waals surface area contributed by atoms with E-state index in [1.165, 1.54) is 19.3 Å². The molecule has 0 spiro atoms. The smallest absolute Gasteiger partial charge is 0.228 e. The molecule has 11 nitrogen and oxygen atoms in total. The molecule has 2 aromatic carbocycles. The molecule has 5 rings (SSSR count). The molecule has 0 saturated carbocycles. The fourth-order valence-electron chi connectivity index (χ4n) is 5.61. The zero-order valence-electron chi connectivity index (χ0n) is 25.5. The van der Waals surface area contributed by atoms with Crippen LogP contribution in [0, 0.1) is 0 Å². The summed E-state index contributed by atoms with van der Waals surface area (Å²) in [5.74, 6) is 2.97. The average molecular weight is 593 g/mol. The van der Waals surface area contributed by atoms with Crippen LogP contribution in [0.25, 0.3) is 10.9 Å². The van der Waals surface area contributed by atoms with Gasteiger partial charge in [-0.1, -0.05) is 6.42 Å². The molecule has 3 heterocycles. The van der Waals surface area contributed by atoms with Crippen molar-refractivity contribution in [1.29, 1.82) is 0 Å². The number of carbonyl (C=O) groups excluding carboxylic acids is 1. The second-order valence-corrected chi connectivity index (χ2v) is 11.2. The molecule has 0 aliphatic carbocycles. The van der Waals surface area contributed by atoms with Crippen molar-refractivity contribution in [2.75, 3.05) is 69.6 Å². The molecule has 0 bridgehead atoms. The Kier molecular flexibility index (Phi) is 10.9. The molecular formula is C32H44N6O5. The molecule has 43 heavy (non-hydrogen) atoms. The van der Waals surface area contributed by atoms with Crippen LogP contribution < -0.4 is 29.4 Å². The van der Waals surface area contributed by atoms with E-state index in [0.29, 0.717) is 63.5 Å². The first-order valence-corrected chi connectivity index (χ1v) is 15.3. The number of amides is 1. The zero-order valence-corrected chi connectivity index (χ0v) is 25.5. The predicted molar refractivity (Wildman–Crippen MR) is 167 cm³/mol. The number of nitrogens with zero attached hydrogens (tertiary/aromatic N) is 5. The number of rotatable bonds is 14. The number of aromatic nitrogens is 2. The first kappa shape index (κ1) is 30.8. The highest BCUT2D eigenvalue weighted by Crippen LogP contribution is 2.36. The van der Waals surface area contributed by atoms with Gasteiger partial charge in [0.1, 0.15) is 24.5 Å². The molecule has 232 valence electrons. The highest BCUT2D eigenvalue weighted by Gasteiger charge is 2.25. The number of piperidine rings is 1. The van der Waals surface area contributed by atoms with Gasteiger partial charge in [-0.05, 0) is 70.0 Å². The molecule has 1 unspecified atom stereocenters. The van der Waals surface area contributed by atoms with Crippen LogP contribution >= 0.6 is 0 Å². The third-order valence-corrected chi connectivity index (χ3v) is 7.79. The number of ether oxygens (including phenoxy) is 4. The quantitative estimate of drug-likeness (QED) is 0.218. The number of methoxy groups -OCH3 is 1. The summed E-state index contributed by atoms with van der Waals surface area (Å²) in [6.07, 6.45) is 7.18. The number of carbonyl (C=O) groups is 1. The summed E-state index contributed by atoms with van der Waals surface area (Å²) in [7, 11) is 1.66. The fourth-order valence-corrected chi connectivity index (χ4v) is 5.61. The molecule has 11 heteroatoms. The first-order valence-electron chi connectivity index (χ1n) is 15.3. The second-order valence-electron chi connectivity index (χ2n) is 11.2. The van der Waals surface area contributed by atoms with E-state index in [0.717, 1.165) is 47.5 Å². The van der Waals surface area contributed by atoms with Crippen molar-refractivity contribution in [3.8, 4) is 17.2 Å². The number of hydrazine groups is 1. The molecule has 3 aromatic rings. The van der Waals surface area contributed by atoms with E-state index in [1.807, 2.05) is 50.2 Å². The van der Waals surface area contributed by atoms with Crippen molar-refractivity contribution in [3.05, 3.63) is 42.7 Å². The van der Waals surface area contributed by atoms with Crippen LogP contribution in [0.4, 0.5) is 11.5 Å². The Morgan fingerprint density at radius 1 is 1.00 bits per heavy atom. The second kappa shape index (κ2) is 15.2. The summed E-state index contributed by atoms with van der Waals surface area (Å²) < 4.78 is 23.3. The van der Waals surface area contributed by atoms with Crippen LogP contribution in [0.1, 0.15) is 39.5 Å². The molecule has 1 amide bonds. The SMILES string of the molecule is COCCOc1cc2ncnc(N3CCN(N(C=O)c4ccc(OC(C)C)cc4)CC3)c2cc1OCCC1CCCCN1. The van der Waals surface area contributed by atoms with Gasteiger partial charge in [0.2, 0.25) is 6.41 Å². The normalized spacial score (nSPS) is 17.7. The highest BCUT2D eigenvalue weighted by atomic mass is 16.5. The van der Waals surface area contributed by atoms with Gasteiger partial charge in [-0.3, -0.25) is 4.79 Å². The summed E-state index contributed by atoms with van der Waals surface area (Å²) >= 11 is 0. The number of hydrogen-bond donors (Lipinski definition) is 1. The molecule has 1 aromatic heterocycles. The van der Waals surface area contributed by atoms with Crippen LogP contribution in [0.2, 0.25) is 0 Å². The van der Waals surface area contributed by atoms with Gasteiger partial charge in [0, 0.05) is 50.8 Å². The van der Waals surface area contributed by atoms with E-state index < -0.39 is 0 Å². The average Bonchev–Trinajstić information content (AvgIpc) is 3.03. The van der Waals surface area contributed by atoms with Crippen LogP contribution in [-0.2, 0) is 9.53 Å². The van der Waals surface area contributed by atoms with Crippen LogP contribution in [0.15, 0.2) is 42.7 Å². The van der Waals surface area contributed by atoms with Crippen LogP contribution in [0.3, 0.4) is 0 Å². The van der Waals surface area contributed by atoms with Crippen molar-refractivity contribution < 1.29 is 23.7 Å². The number of hydrogen-bond acceptors (Lipinski definition) is 10. The van der Waals surface area contributed by atoms with Gasteiger partial charge < -0.3 is 29.2 Å². The molecule has 1 atom stereocenters. The highest BCUT2D eigenvalue weighted by molar-refractivity contribution is 5.92. The summed E-state index contributed by atoms with van der Waals surface area (Å²) in [5, 5.41) is 8.23. The minimum Gasteiger partial charge on any atom is -0.491 e. The monoisotopic (exact) mass is 592 g/mol. The Balaban J connectivity index is 1.29. The fraction of sp³-hybridized carbons (Fsp3) is 0.531. The van der Waals surface area contributed by atoms with Crippen molar-refractivity contribution in [2.45, 2.75) is 51.7 Å². The third-order valence-electron chi connectivity index (χ3n) is 7.79. The molecule has 1 N–H and O–H groups in total. The summed E-state index contributed by atoms with van der Waals surface area (Å²) in [4.78, 5) is 23.6. The number of anilines is 2.